The molecule has 0 unspecified atom stereocenters. The molecule has 0 radical (unpaired) electrons. The lowest BCUT2D eigenvalue weighted by molar-refractivity contribution is -0.124. The minimum atomic E-state index is -0.537. The number of aromatic nitrogens is 1. The van der Waals surface area contributed by atoms with Gasteiger partial charge in [-0.25, -0.2) is 10.5 Å². The molecule has 1 aromatic heterocycles. The predicted molar refractivity (Wildman–Crippen MR) is 119 cm³/mol. The normalized spacial score (nSPS) is 16.8. The Kier molecular flexibility index (Phi) is 6.60. The van der Waals surface area contributed by atoms with Crippen molar-refractivity contribution in [3.05, 3.63) is 83.3 Å². The summed E-state index contributed by atoms with van der Waals surface area (Å²) in [6.07, 6.45) is 6.15. The van der Waals surface area contributed by atoms with Gasteiger partial charge in [0.2, 0.25) is 5.89 Å². The number of rotatable bonds is 7. The van der Waals surface area contributed by atoms with Crippen LogP contribution in [0.4, 0.5) is 0 Å². The lowest BCUT2D eigenvalue weighted by atomic mass is 10.0. The number of oxazole rings is 1. The third-order valence-electron chi connectivity index (χ3n) is 5.77. The van der Waals surface area contributed by atoms with E-state index in [0.29, 0.717) is 11.9 Å². The van der Waals surface area contributed by atoms with Gasteiger partial charge in [0.1, 0.15) is 5.76 Å². The second kappa shape index (κ2) is 9.73. The van der Waals surface area contributed by atoms with Crippen molar-refractivity contribution in [2.75, 3.05) is 13.1 Å². The molecule has 31 heavy (non-hydrogen) atoms. The molecule has 1 amide bonds. The van der Waals surface area contributed by atoms with Crippen LogP contribution < -0.4 is 5.48 Å². The van der Waals surface area contributed by atoms with Crippen LogP contribution in [0.1, 0.15) is 41.5 Å². The van der Waals surface area contributed by atoms with Crippen molar-refractivity contribution in [1.82, 2.24) is 15.4 Å². The van der Waals surface area contributed by atoms with Crippen LogP contribution in [0.5, 0.6) is 0 Å². The van der Waals surface area contributed by atoms with Gasteiger partial charge in [-0.15, -0.1) is 0 Å². The number of nitrogens with one attached hydrogen (secondary N) is 1. The highest BCUT2D eigenvalue weighted by Crippen LogP contribution is 2.32. The van der Waals surface area contributed by atoms with Gasteiger partial charge in [-0.2, -0.15) is 0 Å². The number of carbonyl (C=O) groups is 1. The van der Waals surface area contributed by atoms with E-state index in [2.05, 4.69) is 17.0 Å². The number of amides is 1. The summed E-state index contributed by atoms with van der Waals surface area (Å²) < 4.78 is 5.91. The zero-order chi connectivity index (χ0) is 21.6. The molecule has 2 aromatic carbocycles. The fourth-order valence-corrected chi connectivity index (χ4v) is 4.12. The molecule has 4 rings (SSSR count). The average molecular weight is 418 g/mol. The van der Waals surface area contributed by atoms with Gasteiger partial charge in [0.05, 0.1) is 5.69 Å². The monoisotopic (exact) mass is 417 g/mol. The van der Waals surface area contributed by atoms with E-state index in [1.54, 1.807) is 11.6 Å². The summed E-state index contributed by atoms with van der Waals surface area (Å²) in [7, 11) is 0. The van der Waals surface area contributed by atoms with Gasteiger partial charge in [0, 0.05) is 30.6 Å². The summed E-state index contributed by atoms with van der Waals surface area (Å²) >= 11 is 0. The molecule has 1 atom stereocenters. The maximum absolute atomic E-state index is 11.1. The number of hydrogen-bond donors (Lipinski definition) is 2. The van der Waals surface area contributed by atoms with Gasteiger partial charge >= 0.3 is 0 Å². The number of hydroxylamine groups is 1. The lowest BCUT2D eigenvalue weighted by Crippen LogP contribution is -2.26. The van der Waals surface area contributed by atoms with Crippen molar-refractivity contribution in [2.45, 2.75) is 32.2 Å². The molecule has 1 saturated heterocycles. The topological polar surface area (TPSA) is 78.6 Å². The lowest BCUT2D eigenvalue weighted by Gasteiger charge is -2.24. The van der Waals surface area contributed by atoms with E-state index in [9.17, 15) is 4.79 Å². The van der Waals surface area contributed by atoms with E-state index in [-0.39, 0.29) is 0 Å². The summed E-state index contributed by atoms with van der Waals surface area (Å²) in [5.41, 5.74) is 5.82. The number of hydrogen-bond acceptors (Lipinski definition) is 5. The van der Waals surface area contributed by atoms with Crippen molar-refractivity contribution in [3.63, 3.8) is 0 Å². The van der Waals surface area contributed by atoms with Crippen molar-refractivity contribution in [2.24, 2.45) is 0 Å². The Morgan fingerprint density at radius 2 is 2.00 bits per heavy atom. The molecule has 2 N–H and O–H groups in total. The van der Waals surface area contributed by atoms with Crippen molar-refractivity contribution < 1.29 is 14.4 Å². The first-order valence-corrected chi connectivity index (χ1v) is 10.6. The minimum absolute atomic E-state index is 0.388. The third kappa shape index (κ3) is 5.10. The van der Waals surface area contributed by atoms with E-state index in [1.165, 1.54) is 18.1 Å². The van der Waals surface area contributed by atoms with Crippen LogP contribution in [-0.2, 0) is 11.2 Å². The molecule has 0 bridgehead atoms. The Bertz CT molecular complexity index is 1040. The van der Waals surface area contributed by atoms with Gasteiger partial charge in [-0.1, -0.05) is 42.5 Å². The van der Waals surface area contributed by atoms with Crippen molar-refractivity contribution in [3.8, 4) is 11.5 Å². The summed E-state index contributed by atoms with van der Waals surface area (Å²) in [6.45, 7) is 4.00. The number of nitrogens with zero attached hydrogens (tertiary/aromatic N) is 2. The Morgan fingerprint density at radius 3 is 2.74 bits per heavy atom. The van der Waals surface area contributed by atoms with Gasteiger partial charge in [-0.3, -0.25) is 14.9 Å². The van der Waals surface area contributed by atoms with Crippen LogP contribution in [0.3, 0.4) is 0 Å². The highest BCUT2D eigenvalue weighted by atomic mass is 16.5. The molecule has 6 nitrogen and oxygen atoms in total. The highest BCUT2D eigenvalue weighted by Gasteiger charge is 2.26. The Morgan fingerprint density at radius 1 is 1.23 bits per heavy atom. The largest absolute Gasteiger partial charge is 0.441 e. The molecule has 1 aliphatic rings. The first-order chi connectivity index (χ1) is 15.1. The van der Waals surface area contributed by atoms with E-state index in [1.807, 2.05) is 49.4 Å². The fraction of sp³-hybridized carbons (Fsp3) is 0.280. The fourth-order valence-electron chi connectivity index (χ4n) is 4.12. The average Bonchev–Trinajstić information content (AvgIpc) is 3.43. The molecule has 3 aromatic rings. The number of likely N-dealkylation sites (tertiary alicyclic amines) is 1. The van der Waals surface area contributed by atoms with E-state index in [0.717, 1.165) is 48.5 Å². The highest BCUT2D eigenvalue weighted by molar-refractivity contribution is 5.90. The first-order valence-electron chi connectivity index (χ1n) is 10.6. The van der Waals surface area contributed by atoms with Crippen LogP contribution in [0.25, 0.3) is 17.5 Å². The van der Waals surface area contributed by atoms with Gasteiger partial charge < -0.3 is 4.42 Å². The number of aryl methyl sites for hydroxylation is 1. The van der Waals surface area contributed by atoms with E-state index < -0.39 is 5.91 Å². The Hall–Kier alpha value is -3.22. The molecule has 0 saturated carbocycles. The van der Waals surface area contributed by atoms with Crippen molar-refractivity contribution in [1.29, 1.82) is 0 Å². The SMILES string of the molecule is Cc1oc(-c2ccccc2)nc1CCN1CCC[C@H]1c1ccc(/C=C/C(=O)NO)cc1. The maximum atomic E-state index is 11.1. The van der Waals surface area contributed by atoms with Gasteiger partial charge in [0.15, 0.2) is 0 Å². The Labute approximate surface area is 182 Å². The summed E-state index contributed by atoms with van der Waals surface area (Å²) in [5, 5.41) is 8.57. The summed E-state index contributed by atoms with van der Waals surface area (Å²) in [4.78, 5) is 18.4. The molecular weight excluding hydrogens is 390 g/mol. The summed E-state index contributed by atoms with van der Waals surface area (Å²) in [6, 6.07) is 18.6. The molecule has 1 fully saturated rings. The van der Waals surface area contributed by atoms with Crippen LogP contribution in [0.15, 0.2) is 65.1 Å². The number of carbonyl (C=O) groups excluding carboxylic acids is 1. The van der Waals surface area contributed by atoms with Gasteiger partial charge in [-0.05, 0) is 55.6 Å². The van der Waals surface area contributed by atoms with E-state index >= 15 is 0 Å². The number of benzene rings is 2. The van der Waals surface area contributed by atoms with Crippen LogP contribution in [0.2, 0.25) is 0 Å². The predicted octanol–water partition coefficient (Wildman–Crippen LogP) is 4.55. The quantitative estimate of drug-likeness (QED) is 0.335. The molecule has 6 heteroatoms. The molecule has 0 spiro atoms. The summed E-state index contributed by atoms with van der Waals surface area (Å²) in [5.74, 6) is 1.03. The second-order valence-electron chi connectivity index (χ2n) is 7.81. The zero-order valence-electron chi connectivity index (χ0n) is 17.6. The third-order valence-corrected chi connectivity index (χ3v) is 5.77. The molecule has 2 heterocycles. The van der Waals surface area contributed by atoms with Crippen LogP contribution in [0, 0.1) is 6.92 Å². The molecular formula is C25H27N3O3. The zero-order valence-corrected chi connectivity index (χ0v) is 17.6. The maximum Gasteiger partial charge on any atom is 0.267 e. The van der Waals surface area contributed by atoms with Crippen molar-refractivity contribution >= 4 is 12.0 Å². The smallest absolute Gasteiger partial charge is 0.267 e. The first kappa shape index (κ1) is 21.0. The second-order valence-corrected chi connectivity index (χ2v) is 7.81. The minimum Gasteiger partial charge on any atom is -0.441 e. The van der Waals surface area contributed by atoms with Crippen LogP contribution >= 0.6 is 0 Å². The molecule has 0 aliphatic carbocycles. The molecule has 160 valence electrons. The van der Waals surface area contributed by atoms with Gasteiger partial charge in [0.25, 0.3) is 5.91 Å². The van der Waals surface area contributed by atoms with E-state index in [4.69, 9.17) is 14.6 Å². The molecule has 1 aliphatic heterocycles. The Balaban J connectivity index is 1.40. The standard InChI is InChI=1S/C25H27N3O3/c1-18-22(26-25(31-18)21-6-3-2-4-7-21)15-17-28-16-5-8-23(28)20-12-9-19(10-13-20)11-14-24(29)27-30/h2-4,6-7,9-14,23,30H,5,8,15-17H2,1H3,(H,27,29)/b14-11+/t23-/m0/s1. The van der Waals surface area contributed by atoms with Crippen LogP contribution in [-0.4, -0.2) is 34.1 Å².